The summed E-state index contributed by atoms with van der Waals surface area (Å²) in [5, 5.41) is 0. The minimum Gasteiger partial charge on any atom is -0.492 e. The lowest BCUT2D eigenvalue weighted by Gasteiger charge is -2.48. The molecule has 2 aliphatic heterocycles. The quantitative estimate of drug-likeness (QED) is 0.824. The number of carbonyl (C=O) groups is 1. The summed E-state index contributed by atoms with van der Waals surface area (Å²) < 4.78 is 11.7. The normalized spacial score (nSPS) is 25.8. The van der Waals surface area contributed by atoms with Crippen molar-refractivity contribution in [1.82, 2.24) is 9.88 Å². The van der Waals surface area contributed by atoms with Crippen molar-refractivity contribution in [3.8, 4) is 5.75 Å². The van der Waals surface area contributed by atoms with E-state index in [1.165, 1.54) is 12.8 Å². The van der Waals surface area contributed by atoms with Crippen molar-refractivity contribution < 1.29 is 14.3 Å². The minimum absolute atomic E-state index is 0.261. The van der Waals surface area contributed by atoms with Crippen LogP contribution in [-0.4, -0.2) is 48.7 Å². The first-order chi connectivity index (χ1) is 12.3. The zero-order chi connectivity index (χ0) is 17.1. The van der Waals surface area contributed by atoms with Crippen LogP contribution in [-0.2, 0) is 9.53 Å². The number of hydrogen-bond acceptors (Lipinski definition) is 4. The summed E-state index contributed by atoms with van der Waals surface area (Å²) in [4.78, 5) is 18.6. The molecule has 1 spiro atoms. The Morgan fingerprint density at radius 1 is 1.32 bits per heavy atom. The second-order valence-electron chi connectivity index (χ2n) is 7.91. The highest BCUT2D eigenvalue weighted by atomic mass is 16.5. The monoisotopic (exact) mass is 344 g/mol. The summed E-state index contributed by atoms with van der Waals surface area (Å²) in [5.74, 6) is 2.25. The molecule has 2 saturated heterocycles. The number of pyridine rings is 1. The SMILES string of the molecule is O=C(CC1CC1)N1CCC2(CCOC[C@H]2COc2cccnc2)CC1. The minimum atomic E-state index is 0.261. The average molecular weight is 344 g/mol. The molecule has 5 heteroatoms. The Morgan fingerprint density at radius 3 is 2.88 bits per heavy atom. The van der Waals surface area contributed by atoms with Crippen molar-refractivity contribution in [2.24, 2.45) is 17.3 Å². The summed E-state index contributed by atoms with van der Waals surface area (Å²) in [6, 6.07) is 3.84. The predicted octanol–water partition coefficient (Wildman–Crippen LogP) is 2.91. The van der Waals surface area contributed by atoms with Gasteiger partial charge in [-0.1, -0.05) is 0 Å². The molecule has 0 aromatic carbocycles. The summed E-state index contributed by atoms with van der Waals surface area (Å²) >= 11 is 0. The fraction of sp³-hybridized carbons (Fsp3) is 0.700. The first kappa shape index (κ1) is 16.8. The van der Waals surface area contributed by atoms with E-state index >= 15 is 0 Å². The molecule has 1 atom stereocenters. The number of piperidine rings is 1. The Labute approximate surface area is 149 Å². The van der Waals surface area contributed by atoms with Crippen molar-refractivity contribution in [2.45, 2.75) is 38.5 Å². The van der Waals surface area contributed by atoms with Crippen LogP contribution < -0.4 is 4.74 Å². The van der Waals surface area contributed by atoms with Gasteiger partial charge in [-0.05, 0) is 55.6 Å². The van der Waals surface area contributed by atoms with Crippen LogP contribution in [0, 0.1) is 17.3 Å². The highest BCUT2D eigenvalue weighted by Gasteiger charge is 2.44. The highest BCUT2D eigenvalue weighted by molar-refractivity contribution is 5.76. The van der Waals surface area contributed by atoms with E-state index in [2.05, 4.69) is 9.88 Å². The third kappa shape index (κ3) is 3.97. The number of amides is 1. The fourth-order valence-electron chi connectivity index (χ4n) is 4.29. The van der Waals surface area contributed by atoms with Crippen molar-refractivity contribution in [1.29, 1.82) is 0 Å². The lowest BCUT2D eigenvalue weighted by molar-refractivity contribution is -0.138. The number of ether oxygens (including phenoxy) is 2. The van der Waals surface area contributed by atoms with Crippen LogP contribution in [0.4, 0.5) is 0 Å². The van der Waals surface area contributed by atoms with Crippen molar-refractivity contribution in [2.75, 3.05) is 32.9 Å². The fourth-order valence-corrected chi connectivity index (χ4v) is 4.29. The van der Waals surface area contributed by atoms with Gasteiger partial charge < -0.3 is 14.4 Å². The number of likely N-dealkylation sites (tertiary alicyclic amines) is 1. The number of carbonyl (C=O) groups excluding carboxylic acids is 1. The standard InChI is InChI=1S/C20H28N2O3/c23-19(12-16-3-4-16)22-9-5-20(6-10-22)7-11-24-14-17(20)15-25-18-2-1-8-21-13-18/h1-2,8,13,16-17H,3-7,9-12,14-15H2/t17-/m0/s1. The maximum absolute atomic E-state index is 12.4. The van der Waals surface area contributed by atoms with Crippen LogP contribution in [0.2, 0.25) is 0 Å². The average Bonchev–Trinajstić information content (AvgIpc) is 3.46. The maximum Gasteiger partial charge on any atom is 0.222 e. The summed E-state index contributed by atoms with van der Waals surface area (Å²) in [6.45, 7) is 4.06. The number of hydrogen-bond donors (Lipinski definition) is 0. The number of rotatable bonds is 5. The Balaban J connectivity index is 1.34. The van der Waals surface area contributed by atoms with Crippen LogP contribution in [0.5, 0.6) is 5.75 Å². The molecule has 0 radical (unpaired) electrons. The van der Waals surface area contributed by atoms with Gasteiger partial charge in [0.1, 0.15) is 5.75 Å². The number of nitrogens with zero attached hydrogens (tertiary/aromatic N) is 2. The van der Waals surface area contributed by atoms with Crippen LogP contribution in [0.3, 0.4) is 0 Å². The molecule has 0 N–H and O–H groups in total. The van der Waals surface area contributed by atoms with Gasteiger partial charge in [0.2, 0.25) is 5.91 Å². The molecular weight excluding hydrogens is 316 g/mol. The lowest BCUT2D eigenvalue weighted by Crippen LogP contribution is -2.51. The van der Waals surface area contributed by atoms with E-state index in [0.29, 0.717) is 24.3 Å². The highest BCUT2D eigenvalue weighted by Crippen LogP contribution is 2.45. The zero-order valence-electron chi connectivity index (χ0n) is 14.9. The molecule has 1 amide bonds. The summed E-state index contributed by atoms with van der Waals surface area (Å²) in [7, 11) is 0. The Hall–Kier alpha value is -1.62. The van der Waals surface area contributed by atoms with Crippen LogP contribution in [0.15, 0.2) is 24.5 Å². The second kappa shape index (κ2) is 7.32. The van der Waals surface area contributed by atoms with Gasteiger partial charge in [-0.3, -0.25) is 9.78 Å². The van der Waals surface area contributed by atoms with Crippen LogP contribution in [0.25, 0.3) is 0 Å². The van der Waals surface area contributed by atoms with E-state index in [9.17, 15) is 4.79 Å². The Kier molecular flexibility index (Phi) is 4.93. The van der Waals surface area contributed by atoms with Gasteiger partial charge in [0, 0.05) is 38.2 Å². The molecule has 136 valence electrons. The van der Waals surface area contributed by atoms with Crippen LogP contribution in [0.1, 0.15) is 38.5 Å². The third-order valence-corrected chi connectivity index (χ3v) is 6.29. The molecule has 3 fully saturated rings. The Bertz CT molecular complexity index is 580. The summed E-state index contributed by atoms with van der Waals surface area (Å²) in [5.41, 5.74) is 0.261. The van der Waals surface area contributed by atoms with E-state index < -0.39 is 0 Å². The van der Waals surface area contributed by atoms with E-state index in [0.717, 1.165) is 57.7 Å². The zero-order valence-corrected chi connectivity index (χ0v) is 14.9. The van der Waals surface area contributed by atoms with Crippen molar-refractivity contribution in [3.05, 3.63) is 24.5 Å². The van der Waals surface area contributed by atoms with Gasteiger partial charge >= 0.3 is 0 Å². The molecule has 5 nitrogen and oxygen atoms in total. The molecule has 25 heavy (non-hydrogen) atoms. The summed E-state index contributed by atoms with van der Waals surface area (Å²) in [6.07, 6.45) is 10.0. The Morgan fingerprint density at radius 2 is 2.16 bits per heavy atom. The largest absolute Gasteiger partial charge is 0.492 e. The van der Waals surface area contributed by atoms with Gasteiger partial charge in [-0.2, -0.15) is 0 Å². The topological polar surface area (TPSA) is 51.7 Å². The van der Waals surface area contributed by atoms with E-state index in [-0.39, 0.29) is 5.41 Å². The van der Waals surface area contributed by atoms with E-state index in [4.69, 9.17) is 9.47 Å². The molecule has 0 bridgehead atoms. The van der Waals surface area contributed by atoms with Crippen molar-refractivity contribution in [3.63, 3.8) is 0 Å². The molecule has 3 heterocycles. The second-order valence-corrected chi connectivity index (χ2v) is 7.91. The smallest absolute Gasteiger partial charge is 0.222 e. The van der Waals surface area contributed by atoms with Gasteiger partial charge in [-0.15, -0.1) is 0 Å². The van der Waals surface area contributed by atoms with E-state index in [1.807, 2.05) is 12.1 Å². The first-order valence-electron chi connectivity index (χ1n) is 9.63. The first-order valence-corrected chi connectivity index (χ1v) is 9.63. The molecule has 1 aromatic rings. The van der Waals surface area contributed by atoms with Crippen LogP contribution >= 0.6 is 0 Å². The lowest BCUT2D eigenvalue weighted by atomic mass is 9.66. The van der Waals surface area contributed by atoms with Gasteiger partial charge in [-0.25, -0.2) is 0 Å². The molecular formula is C20H28N2O3. The molecule has 0 unspecified atom stereocenters. The van der Waals surface area contributed by atoms with Gasteiger partial charge in [0.05, 0.1) is 19.4 Å². The molecule has 1 saturated carbocycles. The number of aromatic nitrogens is 1. The van der Waals surface area contributed by atoms with Crippen molar-refractivity contribution >= 4 is 5.91 Å². The van der Waals surface area contributed by atoms with Gasteiger partial charge in [0.15, 0.2) is 0 Å². The molecule has 4 rings (SSSR count). The molecule has 1 aromatic heterocycles. The van der Waals surface area contributed by atoms with Gasteiger partial charge in [0.25, 0.3) is 0 Å². The molecule has 1 aliphatic carbocycles. The predicted molar refractivity (Wildman–Crippen MR) is 94.2 cm³/mol. The molecule has 3 aliphatic rings. The maximum atomic E-state index is 12.4. The third-order valence-electron chi connectivity index (χ3n) is 6.29. The van der Waals surface area contributed by atoms with E-state index in [1.54, 1.807) is 12.4 Å².